The first kappa shape index (κ1) is 16.3. The highest BCUT2D eigenvalue weighted by atomic mass is 16.2. The normalized spacial score (nSPS) is 13.9. The van der Waals surface area contributed by atoms with Crippen LogP contribution in [0.15, 0.2) is 48.5 Å². The lowest BCUT2D eigenvalue weighted by molar-refractivity contribution is -0.116. The van der Waals surface area contributed by atoms with Crippen molar-refractivity contribution in [1.82, 2.24) is 19.9 Å². The number of likely N-dealkylation sites (tertiary alicyclic amines) is 1. The number of aromatic nitrogens is 3. The van der Waals surface area contributed by atoms with Gasteiger partial charge in [0.05, 0.1) is 5.52 Å². The number of anilines is 1. The maximum absolute atomic E-state index is 12.3. The predicted octanol–water partition coefficient (Wildman–Crippen LogP) is 2.31. The summed E-state index contributed by atoms with van der Waals surface area (Å²) in [6, 6.07) is 14.5. The second-order valence-electron chi connectivity index (χ2n) is 6.36. The van der Waals surface area contributed by atoms with Gasteiger partial charge in [-0.05, 0) is 49.2 Å². The molecule has 7 nitrogen and oxygen atoms in total. The number of benzene rings is 2. The molecule has 3 aromatic rings. The van der Waals surface area contributed by atoms with Crippen LogP contribution in [0, 0.1) is 0 Å². The van der Waals surface area contributed by atoms with Gasteiger partial charge in [-0.25, -0.2) is 4.68 Å². The van der Waals surface area contributed by atoms with Crippen LogP contribution in [0.3, 0.4) is 0 Å². The number of nitrogens with one attached hydrogen (secondary N) is 1. The molecule has 1 aliphatic rings. The van der Waals surface area contributed by atoms with Crippen molar-refractivity contribution in [2.45, 2.75) is 19.4 Å². The van der Waals surface area contributed by atoms with Gasteiger partial charge in [0.2, 0.25) is 5.91 Å². The number of carbonyl (C=O) groups excluding carboxylic acids is 2. The van der Waals surface area contributed by atoms with Gasteiger partial charge in [0.1, 0.15) is 12.1 Å². The second kappa shape index (κ2) is 6.95. The van der Waals surface area contributed by atoms with Crippen molar-refractivity contribution in [3.05, 3.63) is 54.1 Å². The van der Waals surface area contributed by atoms with Crippen molar-refractivity contribution in [3.63, 3.8) is 0 Å². The van der Waals surface area contributed by atoms with Gasteiger partial charge in [-0.1, -0.05) is 17.3 Å². The maximum atomic E-state index is 12.3. The Morgan fingerprint density at radius 3 is 2.50 bits per heavy atom. The second-order valence-corrected chi connectivity index (χ2v) is 6.36. The van der Waals surface area contributed by atoms with E-state index in [-0.39, 0.29) is 18.4 Å². The van der Waals surface area contributed by atoms with Crippen LogP contribution in [0.5, 0.6) is 0 Å². The minimum Gasteiger partial charge on any atom is -0.339 e. The van der Waals surface area contributed by atoms with E-state index in [0.29, 0.717) is 11.3 Å². The summed E-state index contributed by atoms with van der Waals surface area (Å²) in [7, 11) is 0. The Morgan fingerprint density at radius 2 is 1.73 bits per heavy atom. The Kier molecular flexibility index (Phi) is 4.35. The fraction of sp³-hybridized carbons (Fsp3) is 0.263. The van der Waals surface area contributed by atoms with E-state index in [1.54, 1.807) is 28.9 Å². The quantitative estimate of drug-likeness (QED) is 0.784. The van der Waals surface area contributed by atoms with Crippen molar-refractivity contribution in [2.24, 2.45) is 0 Å². The van der Waals surface area contributed by atoms with Crippen molar-refractivity contribution in [2.75, 3.05) is 18.4 Å². The van der Waals surface area contributed by atoms with Gasteiger partial charge in [-0.3, -0.25) is 9.59 Å². The summed E-state index contributed by atoms with van der Waals surface area (Å²) in [5.41, 5.74) is 2.86. The summed E-state index contributed by atoms with van der Waals surface area (Å²) < 4.78 is 1.57. The van der Waals surface area contributed by atoms with Gasteiger partial charge in [-0.2, -0.15) is 0 Å². The van der Waals surface area contributed by atoms with Gasteiger partial charge in [-0.15, -0.1) is 5.10 Å². The Bertz CT molecular complexity index is 942. The number of carbonyl (C=O) groups is 2. The van der Waals surface area contributed by atoms with E-state index in [1.165, 1.54) is 0 Å². The molecule has 2 heterocycles. The zero-order valence-electron chi connectivity index (χ0n) is 14.3. The van der Waals surface area contributed by atoms with E-state index in [0.717, 1.165) is 37.0 Å². The maximum Gasteiger partial charge on any atom is 0.253 e. The van der Waals surface area contributed by atoms with Gasteiger partial charge in [0.25, 0.3) is 5.91 Å². The van der Waals surface area contributed by atoms with Crippen LogP contribution < -0.4 is 5.32 Å². The summed E-state index contributed by atoms with van der Waals surface area (Å²) in [4.78, 5) is 26.5. The van der Waals surface area contributed by atoms with Gasteiger partial charge < -0.3 is 10.2 Å². The van der Waals surface area contributed by atoms with Crippen molar-refractivity contribution >= 4 is 28.5 Å². The third-order valence-electron chi connectivity index (χ3n) is 4.52. The van der Waals surface area contributed by atoms with Crippen LogP contribution in [0.4, 0.5) is 5.69 Å². The van der Waals surface area contributed by atoms with E-state index >= 15 is 0 Å². The topological polar surface area (TPSA) is 80.1 Å². The molecule has 0 atom stereocenters. The highest BCUT2D eigenvalue weighted by Gasteiger charge is 2.19. The van der Waals surface area contributed by atoms with Gasteiger partial charge in [0.15, 0.2) is 0 Å². The van der Waals surface area contributed by atoms with Crippen LogP contribution in [0.25, 0.3) is 11.0 Å². The average Bonchev–Trinajstić information content (AvgIpc) is 3.32. The lowest BCUT2D eigenvalue weighted by Crippen LogP contribution is -2.27. The summed E-state index contributed by atoms with van der Waals surface area (Å²) in [6.07, 6.45) is 2.13. The molecule has 1 aromatic heterocycles. The molecular weight excluding hydrogens is 330 g/mol. The molecule has 1 fully saturated rings. The smallest absolute Gasteiger partial charge is 0.253 e. The van der Waals surface area contributed by atoms with E-state index in [2.05, 4.69) is 15.6 Å². The van der Waals surface area contributed by atoms with Crippen molar-refractivity contribution in [1.29, 1.82) is 0 Å². The van der Waals surface area contributed by atoms with Crippen LogP contribution in [0.1, 0.15) is 23.2 Å². The molecular formula is C19H19N5O2. The number of rotatable bonds is 4. The summed E-state index contributed by atoms with van der Waals surface area (Å²) in [5.74, 6) is -0.145. The van der Waals surface area contributed by atoms with Crippen LogP contribution in [-0.4, -0.2) is 44.8 Å². The number of para-hydroxylation sites is 1. The van der Waals surface area contributed by atoms with Crippen molar-refractivity contribution < 1.29 is 9.59 Å². The average molecular weight is 349 g/mol. The van der Waals surface area contributed by atoms with E-state index in [9.17, 15) is 9.59 Å². The molecule has 0 spiro atoms. The molecule has 0 bridgehead atoms. The van der Waals surface area contributed by atoms with Gasteiger partial charge >= 0.3 is 0 Å². The minimum atomic E-state index is -0.195. The Hall–Kier alpha value is -3.22. The Morgan fingerprint density at radius 1 is 1.00 bits per heavy atom. The minimum absolute atomic E-state index is 0.0504. The lowest BCUT2D eigenvalue weighted by atomic mass is 10.2. The molecule has 4 rings (SSSR count). The standard InChI is InChI=1S/C19H19N5O2/c25-18(13-24-17-6-2-1-5-16(17)21-22-24)20-15-9-7-14(8-10-15)19(26)23-11-3-4-12-23/h1-2,5-10H,3-4,11-13H2,(H,20,25). The summed E-state index contributed by atoms with van der Waals surface area (Å²) in [5, 5.41) is 10.9. The molecule has 2 aromatic carbocycles. The molecule has 0 radical (unpaired) electrons. The molecule has 2 amide bonds. The molecule has 1 aliphatic heterocycles. The highest BCUT2D eigenvalue weighted by molar-refractivity contribution is 5.96. The first-order valence-corrected chi connectivity index (χ1v) is 8.68. The zero-order chi connectivity index (χ0) is 17.9. The monoisotopic (exact) mass is 349 g/mol. The third kappa shape index (κ3) is 3.28. The predicted molar refractivity (Wildman–Crippen MR) is 97.7 cm³/mol. The molecule has 132 valence electrons. The molecule has 0 unspecified atom stereocenters. The summed E-state index contributed by atoms with van der Waals surface area (Å²) in [6.45, 7) is 1.72. The SMILES string of the molecule is O=C(Cn1nnc2ccccc21)Nc1ccc(C(=O)N2CCCC2)cc1. The number of fused-ring (bicyclic) bond motifs is 1. The number of hydrogen-bond donors (Lipinski definition) is 1. The highest BCUT2D eigenvalue weighted by Crippen LogP contribution is 2.16. The van der Waals surface area contributed by atoms with E-state index in [1.807, 2.05) is 29.2 Å². The van der Waals surface area contributed by atoms with E-state index in [4.69, 9.17) is 0 Å². The first-order chi connectivity index (χ1) is 12.7. The Balaban J connectivity index is 1.40. The van der Waals surface area contributed by atoms with Gasteiger partial charge in [0, 0.05) is 24.3 Å². The fourth-order valence-electron chi connectivity index (χ4n) is 3.17. The van der Waals surface area contributed by atoms with Crippen LogP contribution in [0.2, 0.25) is 0 Å². The molecule has 0 aliphatic carbocycles. The first-order valence-electron chi connectivity index (χ1n) is 8.68. The number of hydrogen-bond acceptors (Lipinski definition) is 4. The molecule has 0 saturated carbocycles. The third-order valence-corrected chi connectivity index (χ3v) is 4.52. The number of amides is 2. The summed E-state index contributed by atoms with van der Waals surface area (Å²) >= 11 is 0. The van der Waals surface area contributed by atoms with E-state index < -0.39 is 0 Å². The lowest BCUT2D eigenvalue weighted by Gasteiger charge is -2.15. The zero-order valence-corrected chi connectivity index (χ0v) is 14.3. The molecule has 7 heteroatoms. The number of nitrogens with zero attached hydrogens (tertiary/aromatic N) is 4. The largest absolute Gasteiger partial charge is 0.339 e. The van der Waals surface area contributed by atoms with Crippen LogP contribution >= 0.6 is 0 Å². The molecule has 1 N–H and O–H groups in total. The Labute approximate surface area is 150 Å². The van der Waals surface area contributed by atoms with Crippen LogP contribution in [-0.2, 0) is 11.3 Å². The fourth-order valence-corrected chi connectivity index (χ4v) is 3.17. The van der Waals surface area contributed by atoms with Crippen molar-refractivity contribution in [3.8, 4) is 0 Å². The molecule has 26 heavy (non-hydrogen) atoms. The molecule has 1 saturated heterocycles.